The van der Waals surface area contributed by atoms with Crippen LogP contribution in [0.3, 0.4) is 0 Å². The summed E-state index contributed by atoms with van der Waals surface area (Å²) in [4.78, 5) is 16.5. The molecular weight excluding hydrogens is 520 g/mol. The number of aliphatic imine (C=N–C) groups is 1. The summed E-state index contributed by atoms with van der Waals surface area (Å²) in [6.45, 7) is 0.803. The molecule has 0 unspecified atom stereocenters. The molecule has 0 spiro atoms. The highest BCUT2D eigenvalue weighted by molar-refractivity contribution is 8.42. The summed E-state index contributed by atoms with van der Waals surface area (Å²) in [5, 5.41) is 13.4. The number of amides is 1. The van der Waals surface area contributed by atoms with Gasteiger partial charge in [0.25, 0.3) is 5.91 Å². The van der Waals surface area contributed by atoms with E-state index in [2.05, 4.69) is 10.1 Å². The van der Waals surface area contributed by atoms with Gasteiger partial charge in [-0.2, -0.15) is 10.0 Å². The summed E-state index contributed by atoms with van der Waals surface area (Å²) >= 11 is 0.734. The number of nitrogens with one attached hydrogen (secondary N) is 1. The number of carbonyl (C=O) groups is 1. The quantitative estimate of drug-likeness (QED) is 0.372. The van der Waals surface area contributed by atoms with Gasteiger partial charge in [0.05, 0.1) is 33.0 Å². The Labute approximate surface area is 218 Å². The topological polar surface area (TPSA) is 140 Å². The molecule has 4 rings (SSSR count). The number of thioether (sulfide) groups is 1. The number of fused-ring (bicyclic) bond motifs is 1. The van der Waals surface area contributed by atoms with Crippen LogP contribution in [0.5, 0.6) is 23.0 Å². The van der Waals surface area contributed by atoms with Crippen molar-refractivity contribution in [2.45, 2.75) is 6.42 Å². The SMILES string of the molecule is COc1ccccc1OCCCOc1ccc(/C=C2\C(=N)N3N=C(S(C)(=O)=O)SC3=NC2=O)cc1OC. The van der Waals surface area contributed by atoms with Gasteiger partial charge < -0.3 is 18.9 Å². The van der Waals surface area contributed by atoms with Crippen LogP contribution < -0.4 is 18.9 Å². The first-order chi connectivity index (χ1) is 17.7. The summed E-state index contributed by atoms with van der Waals surface area (Å²) in [6.07, 6.45) is 3.09. The number of ether oxygens (including phenoxy) is 4. The van der Waals surface area contributed by atoms with Crippen molar-refractivity contribution in [3.8, 4) is 23.0 Å². The van der Waals surface area contributed by atoms with Crippen LogP contribution in [0, 0.1) is 5.41 Å². The summed E-state index contributed by atoms with van der Waals surface area (Å²) in [5.41, 5.74) is 0.529. The largest absolute Gasteiger partial charge is 0.493 e. The minimum Gasteiger partial charge on any atom is -0.493 e. The van der Waals surface area contributed by atoms with E-state index in [1.54, 1.807) is 25.3 Å². The summed E-state index contributed by atoms with van der Waals surface area (Å²) in [6, 6.07) is 12.5. The predicted octanol–water partition coefficient (Wildman–Crippen LogP) is 3.17. The lowest BCUT2D eigenvalue weighted by Gasteiger charge is -2.20. The van der Waals surface area contributed by atoms with Gasteiger partial charge in [-0.25, -0.2) is 8.42 Å². The molecule has 0 saturated heterocycles. The molecule has 0 bridgehead atoms. The second-order valence-electron chi connectivity index (χ2n) is 7.77. The molecule has 37 heavy (non-hydrogen) atoms. The third-order valence-corrected chi connectivity index (χ3v) is 7.70. The van der Waals surface area contributed by atoms with Crippen molar-refractivity contribution in [3.05, 3.63) is 53.6 Å². The number of hydrogen-bond acceptors (Lipinski definition) is 10. The predicted molar refractivity (Wildman–Crippen MR) is 141 cm³/mol. The average Bonchev–Trinajstić information content (AvgIpc) is 3.32. The zero-order chi connectivity index (χ0) is 26.6. The molecule has 2 aliphatic rings. The van der Waals surface area contributed by atoms with Gasteiger partial charge in [-0.15, -0.1) is 5.10 Å². The molecule has 1 N–H and O–H groups in total. The number of para-hydroxylation sites is 2. The normalized spacial score (nSPS) is 16.3. The Morgan fingerprint density at radius 3 is 2.30 bits per heavy atom. The molecule has 194 valence electrons. The second-order valence-corrected chi connectivity index (χ2v) is 10.9. The third kappa shape index (κ3) is 5.94. The van der Waals surface area contributed by atoms with E-state index in [-0.39, 0.29) is 21.0 Å². The lowest BCUT2D eigenvalue weighted by molar-refractivity contribution is -0.114. The standard InChI is InChI=1S/C24H24N4O7S2/c1-32-17-7-4-5-8-18(17)34-11-6-12-35-19-10-9-15(14-20(19)33-2)13-16-21(25)28-23(26-22(16)29)36-24(27-28)37(3,30)31/h4-5,7-10,13-14,25H,6,11-12H2,1-3H3/b16-13+,25-21?. The Morgan fingerprint density at radius 1 is 1.00 bits per heavy atom. The smallest absolute Gasteiger partial charge is 0.283 e. The summed E-state index contributed by atoms with van der Waals surface area (Å²) in [7, 11) is -0.518. The van der Waals surface area contributed by atoms with Gasteiger partial charge >= 0.3 is 0 Å². The lowest BCUT2D eigenvalue weighted by Crippen LogP contribution is -2.35. The van der Waals surface area contributed by atoms with Crippen LogP contribution in [0.15, 0.2) is 58.1 Å². The highest BCUT2D eigenvalue weighted by atomic mass is 32.3. The summed E-state index contributed by atoms with van der Waals surface area (Å²) < 4.78 is 45.7. The van der Waals surface area contributed by atoms with Gasteiger partial charge in [0, 0.05) is 12.7 Å². The van der Waals surface area contributed by atoms with E-state index < -0.39 is 15.7 Å². The fourth-order valence-electron chi connectivity index (χ4n) is 3.35. The van der Waals surface area contributed by atoms with Gasteiger partial charge in [-0.05, 0) is 47.7 Å². The fraction of sp³-hybridized carbons (Fsp3) is 0.250. The first kappa shape index (κ1) is 26.2. The van der Waals surface area contributed by atoms with Crippen LogP contribution in [0.1, 0.15) is 12.0 Å². The van der Waals surface area contributed by atoms with Crippen molar-refractivity contribution in [1.82, 2.24) is 5.01 Å². The van der Waals surface area contributed by atoms with Crippen molar-refractivity contribution in [1.29, 1.82) is 5.41 Å². The van der Waals surface area contributed by atoms with Crippen molar-refractivity contribution in [3.63, 3.8) is 0 Å². The van der Waals surface area contributed by atoms with Crippen molar-refractivity contribution >= 4 is 49.0 Å². The number of sulfone groups is 1. The third-order valence-electron chi connectivity index (χ3n) is 5.12. The van der Waals surface area contributed by atoms with E-state index >= 15 is 0 Å². The maximum atomic E-state index is 12.6. The molecular formula is C24H24N4O7S2. The van der Waals surface area contributed by atoms with Crippen molar-refractivity contribution in [2.24, 2.45) is 10.1 Å². The molecule has 0 atom stereocenters. The molecule has 2 aliphatic heterocycles. The molecule has 0 fully saturated rings. The minimum atomic E-state index is -3.60. The van der Waals surface area contributed by atoms with E-state index in [0.29, 0.717) is 48.2 Å². The van der Waals surface area contributed by atoms with Crippen LogP contribution in [0.25, 0.3) is 6.08 Å². The molecule has 1 amide bonds. The average molecular weight is 545 g/mol. The zero-order valence-electron chi connectivity index (χ0n) is 20.3. The highest BCUT2D eigenvalue weighted by Gasteiger charge is 2.38. The van der Waals surface area contributed by atoms with E-state index in [0.717, 1.165) is 23.0 Å². The number of benzene rings is 2. The Balaban J connectivity index is 1.41. The second kappa shape index (κ2) is 11.0. The van der Waals surface area contributed by atoms with Gasteiger partial charge in [0.2, 0.25) is 19.4 Å². The number of carbonyl (C=O) groups excluding carboxylic acids is 1. The molecule has 2 heterocycles. The fourth-order valence-corrected chi connectivity index (χ4v) is 5.03. The number of hydrazone groups is 1. The van der Waals surface area contributed by atoms with Gasteiger partial charge in [0.15, 0.2) is 28.8 Å². The molecule has 2 aromatic rings. The zero-order valence-corrected chi connectivity index (χ0v) is 21.9. The van der Waals surface area contributed by atoms with Crippen LogP contribution in [-0.4, -0.2) is 68.4 Å². The number of hydrogen-bond donors (Lipinski definition) is 1. The molecule has 2 aromatic carbocycles. The van der Waals surface area contributed by atoms with Crippen LogP contribution in [0.2, 0.25) is 0 Å². The molecule has 0 saturated carbocycles. The number of rotatable bonds is 9. The maximum Gasteiger partial charge on any atom is 0.283 e. The molecule has 13 heteroatoms. The van der Waals surface area contributed by atoms with E-state index in [4.69, 9.17) is 24.4 Å². The van der Waals surface area contributed by atoms with Gasteiger partial charge in [0.1, 0.15) is 0 Å². The maximum absolute atomic E-state index is 12.6. The molecule has 0 radical (unpaired) electrons. The Morgan fingerprint density at radius 2 is 1.65 bits per heavy atom. The van der Waals surface area contributed by atoms with Crippen LogP contribution in [-0.2, 0) is 14.6 Å². The van der Waals surface area contributed by atoms with Crippen molar-refractivity contribution < 1.29 is 32.2 Å². The van der Waals surface area contributed by atoms with Crippen molar-refractivity contribution in [2.75, 3.05) is 33.7 Å². The lowest BCUT2D eigenvalue weighted by atomic mass is 10.1. The van der Waals surface area contributed by atoms with E-state index in [1.165, 1.54) is 13.2 Å². The monoisotopic (exact) mass is 544 g/mol. The highest BCUT2D eigenvalue weighted by Crippen LogP contribution is 2.32. The van der Waals surface area contributed by atoms with Crippen LogP contribution in [0.4, 0.5) is 0 Å². The Kier molecular flexibility index (Phi) is 7.83. The first-order valence-corrected chi connectivity index (χ1v) is 13.7. The Bertz CT molecular complexity index is 1430. The van der Waals surface area contributed by atoms with E-state index in [9.17, 15) is 13.2 Å². The number of methoxy groups -OCH3 is 2. The summed E-state index contributed by atoms with van der Waals surface area (Å²) in [5.74, 6) is 1.33. The van der Waals surface area contributed by atoms with Gasteiger partial charge in [-0.3, -0.25) is 10.2 Å². The van der Waals surface area contributed by atoms with Crippen LogP contribution >= 0.6 is 11.8 Å². The molecule has 0 aromatic heterocycles. The Hall–Kier alpha value is -3.84. The number of amidine groups is 2. The molecule has 11 nitrogen and oxygen atoms in total. The first-order valence-electron chi connectivity index (χ1n) is 11.0. The minimum absolute atomic E-state index is 0.0311. The molecule has 0 aliphatic carbocycles. The van der Waals surface area contributed by atoms with Gasteiger partial charge in [-0.1, -0.05) is 18.2 Å². The van der Waals surface area contributed by atoms with E-state index in [1.807, 2.05) is 24.3 Å². The number of nitrogens with zero attached hydrogens (tertiary/aromatic N) is 3.